The molecule has 0 N–H and O–H groups in total. The zero-order chi connectivity index (χ0) is 22.1. The first-order valence-electron chi connectivity index (χ1n) is 7.08. The van der Waals surface area contributed by atoms with E-state index in [1.807, 2.05) is 0 Å². The fourth-order valence-electron chi connectivity index (χ4n) is 2.14. The van der Waals surface area contributed by atoms with Crippen LogP contribution in [-0.4, -0.2) is 36.0 Å². The molecular formula is C13H13F14U-. The molecule has 0 nitrogen and oxygen atoms in total. The van der Waals surface area contributed by atoms with E-state index >= 15 is 0 Å². The van der Waals surface area contributed by atoms with E-state index in [1.54, 1.807) is 0 Å². The van der Waals surface area contributed by atoms with E-state index in [0.29, 0.717) is 0 Å². The Balaban J connectivity index is 0. The van der Waals surface area contributed by atoms with Gasteiger partial charge >= 0.3 is 24.7 Å². The largest absolute Gasteiger partial charge is 0.431 e. The van der Waals surface area contributed by atoms with Crippen LogP contribution in [0.25, 0.3) is 0 Å². The molecule has 168 valence electrons. The molecule has 0 radical (unpaired) electrons. The Morgan fingerprint density at radius 2 is 0.857 bits per heavy atom. The molecule has 0 amide bonds. The van der Waals surface area contributed by atoms with Gasteiger partial charge in [-0.25, -0.2) is 8.78 Å². The van der Waals surface area contributed by atoms with Crippen molar-refractivity contribution < 1.29 is 92.6 Å². The smallest absolute Gasteiger partial charge is 0.340 e. The number of halogens is 14. The van der Waals surface area contributed by atoms with Gasteiger partial charge in [-0.15, -0.1) is 0 Å². The molecular weight excluding hydrogens is 660 g/mol. The van der Waals surface area contributed by atoms with E-state index in [0.717, 1.165) is 0 Å². The SMILES string of the molecule is [CH2-]C(CCCCC(F)(C(F)(F)F)C(F)(F)F)CC(F)(C(F)(F)F)C(F)(F)F.[U]. The third-order valence-electron chi connectivity index (χ3n) is 3.75. The monoisotopic (exact) mass is 673 g/mol. The molecule has 1 unspecified atom stereocenters. The van der Waals surface area contributed by atoms with Gasteiger partial charge in [0.2, 0.25) is 0 Å². The van der Waals surface area contributed by atoms with Crippen LogP contribution in [0.3, 0.4) is 0 Å². The number of alkyl halides is 14. The Morgan fingerprint density at radius 1 is 0.536 bits per heavy atom. The van der Waals surface area contributed by atoms with Gasteiger partial charge in [0.1, 0.15) is 0 Å². The van der Waals surface area contributed by atoms with E-state index < -0.39 is 74.1 Å². The zero-order valence-corrected chi connectivity index (χ0v) is 17.8. The Labute approximate surface area is 173 Å². The summed E-state index contributed by atoms with van der Waals surface area (Å²) in [5.41, 5.74) is -11.2. The number of unbranched alkanes of at least 4 members (excludes halogenated alkanes) is 1. The minimum atomic E-state index is -6.36. The maximum Gasteiger partial charge on any atom is 0.431 e. The number of hydrogen-bond donors (Lipinski definition) is 0. The summed E-state index contributed by atoms with van der Waals surface area (Å²) in [5, 5.41) is 0. The van der Waals surface area contributed by atoms with E-state index in [4.69, 9.17) is 0 Å². The van der Waals surface area contributed by atoms with Gasteiger partial charge in [0, 0.05) is 31.1 Å². The molecule has 0 aromatic heterocycles. The molecule has 0 aliphatic rings. The second-order valence-electron chi connectivity index (χ2n) is 5.91. The molecule has 0 aliphatic carbocycles. The van der Waals surface area contributed by atoms with Gasteiger partial charge in [-0.3, -0.25) is 0 Å². The molecule has 0 saturated carbocycles. The summed E-state index contributed by atoms with van der Waals surface area (Å²) < 4.78 is 174. The molecule has 0 spiro atoms. The van der Waals surface area contributed by atoms with E-state index in [1.165, 1.54) is 0 Å². The fraction of sp³-hybridized carbons (Fsp3) is 0.923. The summed E-state index contributed by atoms with van der Waals surface area (Å²) in [5.74, 6) is -1.95. The van der Waals surface area contributed by atoms with Crippen molar-refractivity contribution in [3.8, 4) is 0 Å². The van der Waals surface area contributed by atoms with Crippen molar-refractivity contribution in [3.63, 3.8) is 0 Å². The Kier molecular flexibility index (Phi) is 10.2. The van der Waals surface area contributed by atoms with Crippen molar-refractivity contribution in [2.75, 3.05) is 0 Å². The summed E-state index contributed by atoms with van der Waals surface area (Å²) in [6, 6.07) is 0. The molecule has 0 heterocycles. The maximum atomic E-state index is 13.4. The van der Waals surface area contributed by atoms with Gasteiger partial charge in [0.05, 0.1) is 0 Å². The van der Waals surface area contributed by atoms with Crippen LogP contribution in [0.2, 0.25) is 0 Å². The first kappa shape index (κ1) is 30.3. The second kappa shape index (κ2) is 9.47. The molecule has 15 heteroatoms. The van der Waals surface area contributed by atoms with Crippen molar-refractivity contribution in [3.05, 3.63) is 6.92 Å². The molecule has 1 atom stereocenters. The van der Waals surface area contributed by atoms with Crippen molar-refractivity contribution in [2.24, 2.45) is 5.92 Å². The topological polar surface area (TPSA) is 0 Å². The predicted molar refractivity (Wildman–Crippen MR) is 63.8 cm³/mol. The Morgan fingerprint density at radius 3 is 1.14 bits per heavy atom. The van der Waals surface area contributed by atoms with Crippen LogP contribution in [0.15, 0.2) is 0 Å². The summed E-state index contributed by atoms with van der Waals surface area (Å²) in [6.45, 7) is 2.80. The predicted octanol–water partition coefficient (Wildman–Crippen LogP) is 7.05. The van der Waals surface area contributed by atoms with Gasteiger partial charge in [-0.05, 0) is 19.3 Å². The summed E-state index contributed by atoms with van der Waals surface area (Å²) in [7, 11) is 0. The minimum Gasteiger partial charge on any atom is -0.340 e. The second-order valence-corrected chi connectivity index (χ2v) is 5.91. The van der Waals surface area contributed by atoms with Crippen LogP contribution in [0, 0.1) is 44.0 Å². The van der Waals surface area contributed by atoms with Crippen molar-refractivity contribution in [1.29, 1.82) is 0 Å². The van der Waals surface area contributed by atoms with Crippen molar-refractivity contribution in [2.45, 2.75) is 68.1 Å². The summed E-state index contributed by atoms with van der Waals surface area (Å²) in [4.78, 5) is 0. The standard InChI is InChI=1S/C13H13F14.U/c1-7(6-9(15,12(22,23)24)13(25,26)27)4-2-3-5-8(14,10(16,17)18)11(19,20)21;/h7H,1-6H2;/q-1;. The summed E-state index contributed by atoms with van der Waals surface area (Å²) in [6.07, 6.45) is -32.7. The number of rotatable bonds is 7. The average molecular weight is 673 g/mol. The number of hydrogen-bond acceptors (Lipinski definition) is 0. The van der Waals surface area contributed by atoms with Crippen LogP contribution in [0.5, 0.6) is 0 Å². The average Bonchev–Trinajstić information content (AvgIpc) is 2.38. The van der Waals surface area contributed by atoms with E-state index in [2.05, 4.69) is 6.92 Å². The third-order valence-corrected chi connectivity index (χ3v) is 3.75. The Hall–Kier alpha value is 0.0719. The van der Waals surface area contributed by atoms with Crippen molar-refractivity contribution in [1.82, 2.24) is 0 Å². The first-order valence-corrected chi connectivity index (χ1v) is 7.08. The Bertz CT molecular complexity index is 444. The van der Waals surface area contributed by atoms with Crippen LogP contribution < -0.4 is 0 Å². The van der Waals surface area contributed by atoms with Crippen LogP contribution in [-0.2, 0) is 0 Å². The molecule has 0 aliphatic heterocycles. The minimum absolute atomic E-state index is 0. The maximum absolute atomic E-state index is 13.4. The van der Waals surface area contributed by atoms with Gasteiger partial charge in [-0.1, -0.05) is 12.8 Å². The molecule has 0 saturated heterocycles. The van der Waals surface area contributed by atoms with Crippen LogP contribution in [0.1, 0.15) is 32.1 Å². The molecule has 0 aromatic carbocycles. The van der Waals surface area contributed by atoms with Gasteiger partial charge in [0.15, 0.2) is 0 Å². The summed E-state index contributed by atoms with van der Waals surface area (Å²) >= 11 is 0. The van der Waals surface area contributed by atoms with Gasteiger partial charge in [-0.2, -0.15) is 58.6 Å². The fourth-order valence-corrected chi connectivity index (χ4v) is 2.14. The molecule has 28 heavy (non-hydrogen) atoms. The van der Waals surface area contributed by atoms with Crippen LogP contribution >= 0.6 is 0 Å². The molecule has 0 rings (SSSR count). The first-order chi connectivity index (χ1) is 11.6. The molecule has 0 aromatic rings. The van der Waals surface area contributed by atoms with Gasteiger partial charge < -0.3 is 6.92 Å². The molecule has 0 fully saturated rings. The van der Waals surface area contributed by atoms with Crippen molar-refractivity contribution >= 4 is 0 Å². The quantitative estimate of drug-likeness (QED) is 0.155. The van der Waals surface area contributed by atoms with Crippen LogP contribution in [0.4, 0.5) is 61.5 Å². The van der Waals surface area contributed by atoms with Gasteiger partial charge in [0.25, 0.3) is 11.3 Å². The zero-order valence-electron chi connectivity index (χ0n) is 13.6. The van der Waals surface area contributed by atoms with E-state index in [9.17, 15) is 61.5 Å². The van der Waals surface area contributed by atoms with E-state index in [-0.39, 0.29) is 31.1 Å². The normalized spacial score (nSPS) is 16.0. The molecule has 0 bridgehead atoms. The third kappa shape index (κ3) is 6.81.